The van der Waals surface area contributed by atoms with Crippen molar-refractivity contribution in [2.75, 3.05) is 0 Å². The molecule has 0 spiro atoms. The van der Waals surface area contributed by atoms with E-state index >= 15 is 0 Å². The molecule has 0 aromatic carbocycles. The van der Waals surface area contributed by atoms with Crippen LogP contribution in [0.5, 0.6) is 0 Å². The summed E-state index contributed by atoms with van der Waals surface area (Å²) in [5, 5.41) is 1.99. The fourth-order valence-corrected chi connectivity index (χ4v) is 0. The Morgan fingerprint density at radius 2 is 2.25 bits per heavy atom. The molecule has 3 nitrogen and oxygen atoms in total. The molecule has 0 unspecified atom stereocenters. The average molecular weight is 174 g/mol. The normalized spacial score (nSPS) is 5.25. The van der Waals surface area contributed by atoms with Crippen LogP contribution in [0.1, 0.15) is 0 Å². The topological polar surface area (TPSA) is 38.7 Å². The van der Waals surface area contributed by atoms with Gasteiger partial charge in [-0.05, 0) is 0 Å². The number of hydrogen-bond donors (Lipinski definition) is 0. The molecule has 0 amide bonds. The zero-order chi connectivity index (χ0) is 3.41. The standard InChI is InChI=1S/NO2Te/c2-1-3-4. The predicted molar refractivity (Wildman–Crippen MR) is 12.6 cm³/mol. The molecule has 0 bridgehead atoms. The average Bonchev–Trinajstić information content (AvgIpc) is 1.37. The monoisotopic (exact) mass is 176 g/mol. The van der Waals surface area contributed by atoms with Crippen LogP contribution in [-0.4, -0.2) is 22.7 Å². The SMILES string of the molecule is O=NO[Te]. The van der Waals surface area contributed by atoms with Crippen LogP contribution in [0, 0.1) is 4.91 Å². The molecule has 0 aliphatic carbocycles. The van der Waals surface area contributed by atoms with Gasteiger partial charge in [-0.1, -0.05) is 0 Å². The van der Waals surface area contributed by atoms with Gasteiger partial charge in [0.2, 0.25) is 0 Å². The van der Waals surface area contributed by atoms with E-state index in [4.69, 9.17) is 4.91 Å². The van der Waals surface area contributed by atoms with Gasteiger partial charge in [-0.2, -0.15) is 0 Å². The quantitative estimate of drug-likeness (QED) is 0.312. The van der Waals surface area contributed by atoms with Crippen molar-refractivity contribution in [1.82, 2.24) is 0 Å². The molecule has 0 aliphatic heterocycles. The second-order valence-corrected chi connectivity index (χ2v) is 0.575. The molecule has 0 aliphatic rings. The third-order valence-electron chi connectivity index (χ3n) is 0.0304. The summed E-state index contributed by atoms with van der Waals surface area (Å²) >= 11 is 1.14. The van der Waals surface area contributed by atoms with Gasteiger partial charge in [-0.25, -0.2) is 0 Å². The third-order valence-corrected chi connectivity index (χ3v) is 0.204. The van der Waals surface area contributed by atoms with Crippen molar-refractivity contribution in [1.29, 1.82) is 0 Å². The first-order valence-corrected chi connectivity index (χ1v) is 1.48. The molecule has 0 saturated heterocycles. The first-order chi connectivity index (χ1) is 1.91. The number of nitrogens with zero attached hydrogens (tertiary/aromatic N) is 1. The maximum absolute atomic E-state index is 8.70. The Morgan fingerprint density at radius 3 is 2.25 bits per heavy atom. The molecule has 4 heteroatoms. The molecule has 0 aromatic rings. The van der Waals surface area contributed by atoms with Crippen LogP contribution in [-0.2, 0) is 3.20 Å². The molecule has 1 radical (unpaired) electrons. The molecular weight excluding hydrogens is 174 g/mol. The van der Waals surface area contributed by atoms with Crippen molar-refractivity contribution >= 4 is 22.7 Å². The summed E-state index contributed by atoms with van der Waals surface area (Å²) in [6.07, 6.45) is 0. The van der Waals surface area contributed by atoms with E-state index in [0.29, 0.717) is 0 Å². The summed E-state index contributed by atoms with van der Waals surface area (Å²) < 4.78 is 3.62. The van der Waals surface area contributed by atoms with Crippen molar-refractivity contribution in [3.05, 3.63) is 4.91 Å². The van der Waals surface area contributed by atoms with Crippen LogP contribution in [0.25, 0.3) is 0 Å². The molecule has 0 N–H and O–H groups in total. The molecule has 0 aromatic heterocycles. The molecule has 0 fully saturated rings. The minimum absolute atomic E-state index is 1.14. The molecule has 4 heavy (non-hydrogen) atoms. The van der Waals surface area contributed by atoms with E-state index < -0.39 is 0 Å². The molecule has 0 atom stereocenters. The summed E-state index contributed by atoms with van der Waals surface area (Å²) in [6.45, 7) is 0. The second-order valence-electron chi connectivity index (χ2n) is 0.149. The van der Waals surface area contributed by atoms with E-state index in [-0.39, 0.29) is 0 Å². The van der Waals surface area contributed by atoms with Gasteiger partial charge >= 0.3 is 36.2 Å². The van der Waals surface area contributed by atoms with E-state index in [0.717, 1.165) is 22.7 Å². The van der Waals surface area contributed by atoms with Crippen LogP contribution in [0.3, 0.4) is 0 Å². The van der Waals surface area contributed by atoms with Gasteiger partial charge in [-0.3, -0.25) is 0 Å². The number of hydrogen-bond acceptors (Lipinski definition) is 3. The molecule has 0 heterocycles. The Kier molecular flexibility index (Phi) is 3.34. The molecule has 23 valence electrons. The Bertz CT molecular complexity index is 20.0. The second kappa shape index (κ2) is 3.19. The van der Waals surface area contributed by atoms with E-state index in [2.05, 4.69) is 3.20 Å². The first-order valence-electron chi connectivity index (χ1n) is 0.532. The zero-order valence-electron chi connectivity index (χ0n) is 1.67. The summed E-state index contributed by atoms with van der Waals surface area (Å²) in [4.78, 5) is 8.70. The van der Waals surface area contributed by atoms with Crippen LogP contribution in [0.15, 0.2) is 5.34 Å². The third kappa shape index (κ3) is 2.19. The Morgan fingerprint density at radius 1 is 2.00 bits per heavy atom. The van der Waals surface area contributed by atoms with Crippen molar-refractivity contribution in [2.24, 2.45) is 5.34 Å². The van der Waals surface area contributed by atoms with Crippen LogP contribution < -0.4 is 0 Å². The number of rotatable bonds is 1. The summed E-state index contributed by atoms with van der Waals surface area (Å²) in [6, 6.07) is 0. The van der Waals surface area contributed by atoms with Gasteiger partial charge in [0.15, 0.2) is 0 Å². The van der Waals surface area contributed by atoms with Gasteiger partial charge in [0.05, 0.1) is 0 Å². The van der Waals surface area contributed by atoms with E-state index in [1.54, 1.807) is 0 Å². The minimum atomic E-state index is 1.14. The van der Waals surface area contributed by atoms with Crippen molar-refractivity contribution in [2.45, 2.75) is 0 Å². The fraction of sp³-hybridized carbons (Fsp3) is 0. The van der Waals surface area contributed by atoms with Gasteiger partial charge < -0.3 is 0 Å². The molecule has 0 saturated carbocycles. The predicted octanol–water partition coefficient (Wildman–Crippen LogP) is -0.232. The van der Waals surface area contributed by atoms with Crippen LogP contribution >= 0.6 is 0 Å². The summed E-state index contributed by atoms with van der Waals surface area (Å²) in [5.74, 6) is 0. The Balaban J connectivity index is 2.30. The van der Waals surface area contributed by atoms with Gasteiger partial charge in [0.1, 0.15) is 0 Å². The first kappa shape index (κ1) is 4.19. The van der Waals surface area contributed by atoms with E-state index in [1.807, 2.05) is 5.34 Å². The zero-order valence-corrected chi connectivity index (χ0v) is 4.00. The maximum atomic E-state index is 8.70. The Labute approximate surface area is 36.7 Å². The van der Waals surface area contributed by atoms with Gasteiger partial charge in [-0.15, -0.1) is 0 Å². The molecular formula is NO2Te. The van der Waals surface area contributed by atoms with Crippen molar-refractivity contribution in [3.8, 4) is 0 Å². The Hall–Kier alpha value is 0.190. The van der Waals surface area contributed by atoms with Crippen molar-refractivity contribution < 1.29 is 3.20 Å². The summed E-state index contributed by atoms with van der Waals surface area (Å²) in [5.41, 5.74) is 0. The van der Waals surface area contributed by atoms with Gasteiger partial charge in [0.25, 0.3) is 0 Å². The van der Waals surface area contributed by atoms with Crippen molar-refractivity contribution in [3.63, 3.8) is 0 Å². The van der Waals surface area contributed by atoms with Crippen LogP contribution in [0.4, 0.5) is 0 Å². The van der Waals surface area contributed by atoms with Crippen LogP contribution in [0.2, 0.25) is 0 Å². The fourth-order valence-electron chi connectivity index (χ4n) is 0. The van der Waals surface area contributed by atoms with Gasteiger partial charge in [0, 0.05) is 0 Å². The van der Waals surface area contributed by atoms with E-state index in [1.165, 1.54) is 0 Å². The van der Waals surface area contributed by atoms with E-state index in [9.17, 15) is 0 Å². The summed E-state index contributed by atoms with van der Waals surface area (Å²) in [7, 11) is 0. The molecule has 0 rings (SSSR count).